The van der Waals surface area contributed by atoms with Crippen LogP contribution in [0.3, 0.4) is 0 Å². The minimum Gasteiger partial charge on any atom is -0.467 e. The molecule has 4 heterocycles. The first-order valence-electron chi connectivity index (χ1n) is 10.3. The Balaban J connectivity index is 1.36. The highest BCUT2D eigenvalue weighted by Gasteiger charge is 2.49. The summed E-state index contributed by atoms with van der Waals surface area (Å²) < 4.78 is 5.05. The Morgan fingerprint density at radius 2 is 1.90 bits per heavy atom. The molecule has 0 spiro atoms. The van der Waals surface area contributed by atoms with Gasteiger partial charge in [0.05, 0.1) is 13.2 Å². The molecule has 1 aromatic carbocycles. The summed E-state index contributed by atoms with van der Waals surface area (Å²) in [4.78, 5) is 29.2. The van der Waals surface area contributed by atoms with Gasteiger partial charge in [-0.2, -0.15) is 0 Å². The molecule has 2 aromatic heterocycles. The number of nitrogens with one attached hydrogen (secondary N) is 1. The summed E-state index contributed by atoms with van der Waals surface area (Å²) in [5, 5.41) is 0. The molecule has 7 heteroatoms. The first-order chi connectivity index (χ1) is 14.7. The second kappa shape index (κ2) is 7.91. The number of aromatic nitrogens is 3. The Morgan fingerprint density at radius 3 is 2.60 bits per heavy atom. The molecule has 3 atom stereocenters. The molecule has 2 saturated heterocycles. The van der Waals surface area contributed by atoms with Crippen molar-refractivity contribution in [3.05, 3.63) is 77.9 Å². The van der Waals surface area contributed by atoms with Gasteiger partial charge in [0.25, 0.3) is 5.91 Å². The average Bonchev–Trinajstić information content (AvgIpc) is 3.51. The van der Waals surface area contributed by atoms with E-state index in [1.165, 1.54) is 5.56 Å². The molecule has 0 unspecified atom stereocenters. The number of ether oxygens (including phenoxy) is 1. The highest BCUT2D eigenvalue weighted by atomic mass is 16.5. The van der Waals surface area contributed by atoms with Crippen LogP contribution < -0.4 is 4.74 Å². The number of H-pyrrole nitrogens is 1. The molecule has 30 heavy (non-hydrogen) atoms. The monoisotopic (exact) mass is 403 g/mol. The molecule has 1 N–H and O–H groups in total. The molecule has 2 aliphatic heterocycles. The molecule has 1 amide bonds. The van der Waals surface area contributed by atoms with Gasteiger partial charge in [0.15, 0.2) is 0 Å². The van der Waals surface area contributed by atoms with Gasteiger partial charge in [-0.25, -0.2) is 9.97 Å². The molecule has 0 radical (unpaired) electrons. The van der Waals surface area contributed by atoms with Gasteiger partial charge >= 0.3 is 6.01 Å². The lowest BCUT2D eigenvalue weighted by Gasteiger charge is -2.29. The third-order valence-corrected chi connectivity index (χ3v) is 6.24. The van der Waals surface area contributed by atoms with Gasteiger partial charge in [0.1, 0.15) is 5.69 Å². The fourth-order valence-electron chi connectivity index (χ4n) is 4.96. The lowest BCUT2D eigenvalue weighted by molar-refractivity contribution is 0.0694. The third-order valence-electron chi connectivity index (χ3n) is 6.24. The summed E-state index contributed by atoms with van der Waals surface area (Å²) in [5.74, 6) is 0.942. The highest BCUT2D eigenvalue weighted by Crippen LogP contribution is 2.45. The number of carbonyl (C=O) groups is 1. The summed E-state index contributed by atoms with van der Waals surface area (Å²) >= 11 is 0. The number of carbonyl (C=O) groups excluding carboxylic acids is 1. The summed E-state index contributed by atoms with van der Waals surface area (Å²) in [6, 6.07) is 14.6. The van der Waals surface area contributed by atoms with Crippen molar-refractivity contribution in [2.75, 3.05) is 26.7 Å². The topological polar surface area (TPSA) is 74.3 Å². The van der Waals surface area contributed by atoms with Crippen LogP contribution in [-0.2, 0) is 6.54 Å². The Morgan fingerprint density at radius 1 is 1.10 bits per heavy atom. The number of nitrogens with zero attached hydrogens (tertiary/aromatic N) is 4. The number of amides is 1. The zero-order valence-electron chi connectivity index (χ0n) is 16.9. The highest BCUT2D eigenvalue weighted by molar-refractivity contribution is 5.93. The SMILES string of the molecule is COc1ncc(CN2C[C@H]3CN(C(=O)c4ccc[nH]4)[C@H](c4ccccc4)[C@H]3C2)cn1. The molecular weight excluding hydrogens is 378 g/mol. The smallest absolute Gasteiger partial charge is 0.316 e. The largest absolute Gasteiger partial charge is 0.467 e. The van der Waals surface area contributed by atoms with Crippen LogP contribution in [0.25, 0.3) is 0 Å². The van der Waals surface area contributed by atoms with Gasteiger partial charge in [0, 0.05) is 56.3 Å². The molecule has 2 fully saturated rings. The van der Waals surface area contributed by atoms with E-state index in [-0.39, 0.29) is 11.9 Å². The van der Waals surface area contributed by atoms with Crippen LogP contribution in [0.15, 0.2) is 61.1 Å². The van der Waals surface area contributed by atoms with Crippen molar-refractivity contribution >= 4 is 5.91 Å². The van der Waals surface area contributed by atoms with Crippen LogP contribution in [0.1, 0.15) is 27.7 Å². The van der Waals surface area contributed by atoms with Crippen molar-refractivity contribution in [2.45, 2.75) is 12.6 Å². The Kier molecular flexibility index (Phi) is 4.96. The van der Waals surface area contributed by atoms with Gasteiger partial charge in [0.2, 0.25) is 0 Å². The molecular formula is C23H25N5O2. The quantitative estimate of drug-likeness (QED) is 0.709. The molecule has 5 rings (SSSR count). The van der Waals surface area contributed by atoms with Crippen LogP contribution in [0.5, 0.6) is 6.01 Å². The van der Waals surface area contributed by atoms with Gasteiger partial charge in [-0.3, -0.25) is 9.69 Å². The van der Waals surface area contributed by atoms with Crippen molar-refractivity contribution in [1.29, 1.82) is 0 Å². The van der Waals surface area contributed by atoms with Crippen molar-refractivity contribution < 1.29 is 9.53 Å². The Hall–Kier alpha value is -3.19. The van der Waals surface area contributed by atoms with Crippen molar-refractivity contribution in [2.24, 2.45) is 11.8 Å². The van der Waals surface area contributed by atoms with E-state index in [1.807, 2.05) is 30.6 Å². The predicted molar refractivity (Wildman–Crippen MR) is 112 cm³/mol. The Bertz CT molecular complexity index is 990. The second-order valence-corrected chi connectivity index (χ2v) is 8.09. The van der Waals surface area contributed by atoms with Crippen LogP contribution in [-0.4, -0.2) is 57.4 Å². The molecule has 2 aliphatic rings. The van der Waals surface area contributed by atoms with Gasteiger partial charge < -0.3 is 14.6 Å². The van der Waals surface area contributed by atoms with E-state index in [1.54, 1.807) is 13.3 Å². The second-order valence-electron chi connectivity index (χ2n) is 8.09. The number of fused-ring (bicyclic) bond motifs is 1. The van der Waals surface area contributed by atoms with E-state index in [9.17, 15) is 4.79 Å². The predicted octanol–water partition coefficient (Wildman–Crippen LogP) is 2.76. The van der Waals surface area contributed by atoms with E-state index in [0.29, 0.717) is 23.5 Å². The fraction of sp³-hybridized carbons (Fsp3) is 0.348. The number of rotatable bonds is 5. The maximum Gasteiger partial charge on any atom is 0.316 e. The van der Waals surface area contributed by atoms with Crippen LogP contribution in [0.2, 0.25) is 0 Å². The lowest BCUT2D eigenvalue weighted by atomic mass is 9.89. The molecule has 0 aliphatic carbocycles. The van der Waals surface area contributed by atoms with Gasteiger partial charge in [-0.1, -0.05) is 30.3 Å². The molecule has 3 aromatic rings. The zero-order chi connectivity index (χ0) is 20.5. The molecule has 0 bridgehead atoms. The van der Waals surface area contributed by atoms with Crippen LogP contribution >= 0.6 is 0 Å². The average molecular weight is 403 g/mol. The third kappa shape index (κ3) is 3.45. The molecule has 0 saturated carbocycles. The standard InChI is InChI=1S/C23H25N5O2/c1-30-23-25-10-16(11-26-23)12-27-13-18-14-28(22(29)20-8-5-9-24-20)21(19(18)15-27)17-6-3-2-4-7-17/h2-11,18-19,21,24H,12-15H2,1H3/t18-,19-,21+/m0/s1. The van der Waals surface area contributed by atoms with Crippen molar-refractivity contribution in [3.8, 4) is 6.01 Å². The lowest BCUT2D eigenvalue weighted by Crippen LogP contribution is -2.35. The van der Waals surface area contributed by atoms with Gasteiger partial charge in [-0.15, -0.1) is 0 Å². The normalized spacial score (nSPS) is 23.5. The maximum atomic E-state index is 13.2. The van der Waals surface area contributed by atoms with Crippen LogP contribution in [0.4, 0.5) is 0 Å². The number of methoxy groups -OCH3 is 1. The number of hydrogen-bond acceptors (Lipinski definition) is 5. The first-order valence-corrected chi connectivity index (χ1v) is 10.3. The van der Waals surface area contributed by atoms with Crippen LogP contribution in [0, 0.1) is 11.8 Å². The van der Waals surface area contributed by atoms with Crippen molar-refractivity contribution in [3.63, 3.8) is 0 Å². The number of likely N-dealkylation sites (tertiary alicyclic amines) is 2. The summed E-state index contributed by atoms with van der Waals surface area (Å²) in [7, 11) is 1.57. The maximum absolute atomic E-state index is 13.2. The molecule has 154 valence electrons. The number of hydrogen-bond donors (Lipinski definition) is 1. The summed E-state index contributed by atoms with van der Waals surface area (Å²) in [6.07, 6.45) is 5.46. The fourth-order valence-corrected chi connectivity index (χ4v) is 4.96. The van der Waals surface area contributed by atoms with Crippen molar-refractivity contribution in [1.82, 2.24) is 24.8 Å². The van der Waals surface area contributed by atoms with E-state index >= 15 is 0 Å². The first kappa shape index (κ1) is 18.8. The van der Waals surface area contributed by atoms with E-state index in [2.05, 4.69) is 49.0 Å². The minimum absolute atomic E-state index is 0.0818. The van der Waals surface area contributed by atoms with Gasteiger partial charge in [-0.05, 0) is 23.6 Å². The Labute approximate surface area is 175 Å². The van der Waals surface area contributed by atoms with E-state index < -0.39 is 0 Å². The summed E-state index contributed by atoms with van der Waals surface area (Å²) in [5.41, 5.74) is 2.94. The number of aromatic amines is 1. The summed E-state index contributed by atoms with van der Waals surface area (Å²) in [6.45, 7) is 3.50. The van der Waals surface area contributed by atoms with E-state index in [4.69, 9.17) is 4.74 Å². The van der Waals surface area contributed by atoms with E-state index in [0.717, 1.165) is 31.7 Å². The minimum atomic E-state index is 0.0818. The zero-order valence-corrected chi connectivity index (χ0v) is 16.9. The molecule has 7 nitrogen and oxygen atoms in total. The number of benzene rings is 1.